The van der Waals surface area contributed by atoms with Gasteiger partial charge in [0.15, 0.2) is 0 Å². The van der Waals surface area contributed by atoms with E-state index in [0.717, 1.165) is 0 Å². The van der Waals surface area contributed by atoms with Gasteiger partial charge in [-0.2, -0.15) is 0 Å². The van der Waals surface area contributed by atoms with E-state index in [0.29, 0.717) is 27.6 Å². The van der Waals surface area contributed by atoms with E-state index in [9.17, 15) is 9.59 Å². The molecule has 3 rings (SSSR count). The van der Waals surface area contributed by atoms with Crippen LogP contribution in [0.1, 0.15) is 10.4 Å². The molecule has 0 unspecified atom stereocenters. The van der Waals surface area contributed by atoms with Crippen molar-refractivity contribution < 1.29 is 9.59 Å². The van der Waals surface area contributed by atoms with Crippen molar-refractivity contribution in [2.45, 2.75) is 0 Å². The first kappa shape index (κ1) is 18.5. The highest BCUT2D eigenvalue weighted by molar-refractivity contribution is 6.33. The number of para-hydroxylation sites is 1. The molecule has 5 nitrogen and oxygen atoms in total. The third-order valence-corrected chi connectivity index (χ3v) is 4.08. The monoisotopic (exact) mass is 379 g/mol. The molecule has 0 atom stereocenters. The van der Waals surface area contributed by atoms with E-state index in [4.69, 9.17) is 11.6 Å². The lowest BCUT2D eigenvalue weighted by Crippen LogP contribution is -2.22. The summed E-state index contributed by atoms with van der Waals surface area (Å²) in [6.45, 7) is 0.0737. The standard InChI is InChI=1S/C21H18ClN3O2/c22-18-11-4-5-12-19(18)23-14-20(26)24-16-9-6-10-17(13-16)25-21(27)15-7-2-1-3-8-15/h1-13,23H,14H2,(H,24,26)(H,25,27). The molecule has 0 radical (unpaired) electrons. The molecule has 0 fully saturated rings. The summed E-state index contributed by atoms with van der Waals surface area (Å²) in [5.41, 5.74) is 2.45. The second kappa shape index (κ2) is 8.87. The van der Waals surface area contributed by atoms with E-state index in [-0.39, 0.29) is 18.4 Å². The minimum absolute atomic E-state index is 0.0737. The van der Waals surface area contributed by atoms with E-state index >= 15 is 0 Å². The zero-order valence-corrected chi connectivity index (χ0v) is 15.2. The average Bonchev–Trinajstić information content (AvgIpc) is 2.68. The zero-order chi connectivity index (χ0) is 19.1. The molecule has 0 spiro atoms. The molecule has 2 amide bonds. The van der Waals surface area contributed by atoms with Crippen LogP contribution >= 0.6 is 11.6 Å². The van der Waals surface area contributed by atoms with Crippen molar-refractivity contribution in [2.24, 2.45) is 0 Å². The molecule has 3 aromatic carbocycles. The lowest BCUT2D eigenvalue weighted by atomic mass is 10.2. The first-order valence-electron chi connectivity index (χ1n) is 8.36. The number of nitrogens with one attached hydrogen (secondary N) is 3. The molecular formula is C21H18ClN3O2. The molecule has 3 aromatic rings. The Balaban J connectivity index is 1.58. The predicted molar refractivity (Wildman–Crippen MR) is 109 cm³/mol. The van der Waals surface area contributed by atoms with E-state index in [1.165, 1.54) is 0 Å². The molecule has 0 bridgehead atoms. The number of rotatable bonds is 6. The number of hydrogen-bond acceptors (Lipinski definition) is 3. The van der Waals surface area contributed by atoms with Crippen molar-refractivity contribution in [2.75, 3.05) is 22.5 Å². The van der Waals surface area contributed by atoms with E-state index in [2.05, 4.69) is 16.0 Å². The van der Waals surface area contributed by atoms with Crippen LogP contribution in [0.15, 0.2) is 78.9 Å². The van der Waals surface area contributed by atoms with Gasteiger partial charge in [-0.05, 0) is 42.5 Å². The summed E-state index contributed by atoms with van der Waals surface area (Å²) >= 11 is 6.05. The number of benzene rings is 3. The van der Waals surface area contributed by atoms with Crippen molar-refractivity contribution in [1.29, 1.82) is 0 Å². The average molecular weight is 380 g/mol. The maximum absolute atomic E-state index is 12.2. The summed E-state index contributed by atoms with van der Waals surface area (Å²) in [5, 5.41) is 9.14. The van der Waals surface area contributed by atoms with Crippen LogP contribution in [0.3, 0.4) is 0 Å². The van der Waals surface area contributed by atoms with Gasteiger partial charge in [-0.15, -0.1) is 0 Å². The van der Waals surface area contributed by atoms with Gasteiger partial charge < -0.3 is 16.0 Å². The van der Waals surface area contributed by atoms with Gasteiger partial charge in [-0.3, -0.25) is 9.59 Å². The number of hydrogen-bond donors (Lipinski definition) is 3. The highest BCUT2D eigenvalue weighted by Gasteiger charge is 2.07. The smallest absolute Gasteiger partial charge is 0.255 e. The Morgan fingerprint density at radius 2 is 1.44 bits per heavy atom. The Hall–Kier alpha value is -3.31. The maximum atomic E-state index is 12.2. The van der Waals surface area contributed by atoms with Gasteiger partial charge in [-0.1, -0.05) is 48.0 Å². The first-order valence-corrected chi connectivity index (χ1v) is 8.74. The van der Waals surface area contributed by atoms with Gasteiger partial charge in [0.05, 0.1) is 17.3 Å². The molecule has 0 aromatic heterocycles. The topological polar surface area (TPSA) is 70.2 Å². The third-order valence-electron chi connectivity index (χ3n) is 3.75. The molecule has 0 saturated heterocycles. The molecule has 0 aliphatic carbocycles. The lowest BCUT2D eigenvalue weighted by molar-refractivity contribution is -0.114. The zero-order valence-electron chi connectivity index (χ0n) is 14.4. The molecule has 0 heterocycles. The molecule has 0 aliphatic heterocycles. The summed E-state index contributed by atoms with van der Waals surface area (Å²) in [5.74, 6) is -0.430. The van der Waals surface area contributed by atoms with Crippen molar-refractivity contribution in [3.8, 4) is 0 Å². The Labute approximate surface area is 162 Å². The van der Waals surface area contributed by atoms with Gasteiger partial charge in [0.1, 0.15) is 0 Å². The molecular weight excluding hydrogens is 362 g/mol. The second-order valence-electron chi connectivity index (χ2n) is 5.78. The van der Waals surface area contributed by atoms with Crippen LogP contribution < -0.4 is 16.0 Å². The van der Waals surface area contributed by atoms with Crippen LogP contribution in [-0.2, 0) is 4.79 Å². The van der Waals surface area contributed by atoms with Crippen LogP contribution in [0.4, 0.5) is 17.1 Å². The van der Waals surface area contributed by atoms with E-state index < -0.39 is 0 Å². The maximum Gasteiger partial charge on any atom is 0.255 e. The third kappa shape index (κ3) is 5.33. The highest BCUT2D eigenvalue weighted by atomic mass is 35.5. The quantitative estimate of drug-likeness (QED) is 0.584. The number of halogens is 1. The van der Waals surface area contributed by atoms with Gasteiger partial charge in [-0.25, -0.2) is 0 Å². The summed E-state index contributed by atoms with van der Waals surface area (Å²) in [6, 6.07) is 23.1. The highest BCUT2D eigenvalue weighted by Crippen LogP contribution is 2.20. The normalized spacial score (nSPS) is 10.1. The van der Waals surface area contributed by atoms with Crippen LogP contribution in [0.5, 0.6) is 0 Å². The van der Waals surface area contributed by atoms with Crippen LogP contribution in [0.2, 0.25) is 5.02 Å². The number of anilines is 3. The van der Waals surface area contributed by atoms with Crippen LogP contribution in [-0.4, -0.2) is 18.4 Å². The Morgan fingerprint density at radius 1 is 0.778 bits per heavy atom. The fourth-order valence-corrected chi connectivity index (χ4v) is 2.66. The lowest BCUT2D eigenvalue weighted by Gasteiger charge is -2.10. The van der Waals surface area contributed by atoms with Crippen molar-refractivity contribution >= 4 is 40.5 Å². The fourth-order valence-electron chi connectivity index (χ4n) is 2.45. The largest absolute Gasteiger partial charge is 0.375 e. The van der Waals surface area contributed by atoms with Gasteiger partial charge in [0, 0.05) is 16.9 Å². The van der Waals surface area contributed by atoms with Gasteiger partial charge in [0.25, 0.3) is 5.91 Å². The van der Waals surface area contributed by atoms with Crippen molar-refractivity contribution in [3.63, 3.8) is 0 Å². The Morgan fingerprint density at radius 3 is 2.19 bits per heavy atom. The summed E-state index contributed by atoms with van der Waals surface area (Å²) in [7, 11) is 0. The fraction of sp³-hybridized carbons (Fsp3) is 0.0476. The summed E-state index contributed by atoms with van der Waals surface area (Å²) in [4.78, 5) is 24.4. The van der Waals surface area contributed by atoms with E-state index in [1.54, 1.807) is 60.7 Å². The summed E-state index contributed by atoms with van der Waals surface area (Å²) < 4.78 is 0. The molecule has 0 aliphatic rings. The SMILES string of the molecule is O=C(CNc1ccccc1Cl)Nc1cccc(NC(=O)c2ccccc2)c1. The van der Waals surface area contributed by atoms with Crippen LogP contribution in [0.25, 0.3) is 0 Å². The Kier molecular flexibility index (Phi) is 6.07. The Bertz CT molecular complexity index is 945. The second-order valence-corrected chi connectivity index (χ2v) is 6.19. The number of carbonyl (C=O) groups excluding carboxylic acids is 2. The molecule has 27 heavy (non-hydrogen) atoms. The van der Waals surface area contributed by atoms with Crippen molar-refractivity contribution in [3.05, 3.63) is 89.4 Å². The van der Waals surface area contributed by atoms with Gasteiger partial charge >= 0.3 is 0 Å². The van der Waals surface area contributed by atoms with Crippen LogP contribution in [0, 0.1) is 0 Å². The molecule has 3 N–H and O–H groups in total. The summed E-state index contributed by atoms with van der Waals surface area (Å²) in [6.07, 6.45) is 0. The molecule has 136 valence electrons. The van der Waals surface area contributed by atoms with Gasteiger partial charge in [0.2, 0.25) is 5.91 Å². The molecule has 6 heteroatoms. The first-order chi connectivity index (χ1) is 13.1. The minimum atomic E-state index is -0.221. The number of carbonyl (C=O) groups is 2. The predicted octanol–water partition coefficient (Wildman–Crippen LogP) is 4.64. The number of amides is 2. The molecule has 0 saturated carbocycles. The minimum Gasteiger partial charge on any atom is -0.375 e. The van der Waals surface area contributed by atoms with Crippen molar-refractivity contribution in [1.82, 2.24) is 0 Å². The van der Waals surface area contributed by atoms with E-state index in [1.807, 2.05) is 18.2 Å².